The van der Waals surface area contributed by atoms with E-state index in [1.54, 1.807) is 0 Å². The Hall–Kier alpha value is -4.19. The van der Waals surface area contributed by atoms with Gasteiger partial charge in [0.05, 0.1) is 0 Å². The minimum Gasteiger partial charge on any atom is -0.462 e. The molecule has 6 nitrogen and oxygen atoms in total. The second-order valence-corrected chi connectivity index (χ2v) is 17.0. The molecule has 0 saturated heterocycles. The summed E-state index contributed by atoms with van der Waals surface area (Å²) in [6.45, 7) is 6.30. The second-order valence-electron chi connectivity index (χ2n) is 17.0. The van der Waals surface area contributed by atoms with Crippen LogP contribution in [0.1, 0.15) is 220 Å². The van der Waals surface area contributed by atoms with Gasteiger partial charge in [-0.2, -0.15) is 0 Å². The highest BCUT2D eigenvalue weighted by Gasteiger charge is 2.19. The average Bonchev–Trinajstić information content (AvgIpc) is 3.31. The Kier molecular flexibility index (Phi) is 50.0. The van der Waals surface area contributed by atoms with E-state index in [0.717, 1.165) is 141 Å². The lowest BCUT2D eigenvalue weighted by molar-refractivity contribution is -0.167. The quantitative estimate of drug-likeness (QED) is 0.0262. The Balaban J connectivity index is 4.55. The SMILES string of the molecule is CC/C=C\C/C=C\C/C=C\C/C=C\C/C=C\CCCC(=O)OCC(COC(=O)CCCCCCC/C=C\C/C=C\C/C=C\CC)OC(=O)CCCCCCC/C=C\C/C=C\CCCCCC. The van der Waals surface area contributed by atoms with Crippen molar-refractivity contribution in [2.24, 2.45) is 0 Å². The van der Waals surface area contributed by atoms with E-state index in [4.69, 9.17) is 14.2 Å². The molecule has 0 fully saturated rings. The van der Waals surface area contributed by atoms with Gasteiger partial charge in [-0.1, -0.05) is 200 Å². The summed E-state index contributed by atoms with van der Waals surface area (Å²) in [4.78, 5) is 38.0. The number of hydrogen-bond acceptors (Lipinski definition) is 6. The van der Waals surface area contributed by atoms with Gasteiger partial charge in [0, 0.05) is 19.3 Å². The lowest BCUT2D eigenvalue weighted by Gasteiger charge is -2.18. The van der Waals surface area contributed by atoms with Crippen LogP contribution in [0.2, 0.25) is 0 Å². The van der Waals surface area contributed by atoms with Crippen LogP contribution in [-0.4, -0.2) is 37.2 Å². The molecule has 0 rings (SSSR count). The summed E-state index contributed by atoms with van der Waals surface area (Å²) >= 11 is 0. The largest absolute Gasteiger partial charge is 0.462 e. The topological polar surface area (TPSA) is 78.9 Å². The fraction of sp³-hybridized carbons (Fsp3) is 0.617. The molecular formula is C60H96O6. The third kappa shape index (κ3) is 50.8. The summed E-state index contributed by atoms with van der Waals surface area (Å²) < 4.78 is 16.7. The van der Waals surface area contributed by atoms with E-state index in [-0.39, 0.29) is 37.5 Å². The molecule has 1 atom stereocenters. The monoisotopic (exact) mass is 913 g/mol. The van der Waals surface area contributed by atoms with Crippen LogP contribution in [-0.2, 0) is 28.6 Å². The van der Waals surface area contributed by atoms with Crippen molar-refractivity contribution in [2.45, 2.75) is 226 Å². The van der Waals surface area contributed by atoms with Gasteiger partial charge in [0.2, 0.25) is 0 Å². The Morgan fingerprint density at radius 1 is 0.318 bits per heavy atom. The van der Waals surface area contributed by atoms with Crippen LogP contribution in [0.4, 0.5) is 0 Å². The molecule has 1 unspecified atom stereocenters. The van der Waals surface area contributed by atoms with Crippen molar-refractivity contribution in [2.75, 3.05) is 13.2 Å². The lowest BCUT2D eigenvalue weighted by atomic mass is 10.1. The Bertz CT molecular complexity index is 1420. The van der Waals surface area contributed by atoms with E-state index < -0.39 is 6.10 Å². The zero-order valence-electron chi connectivity index (χ0n) is 42.4. The number of hydrogen-bond donors (Lipinski definition) is 0. The number of carbonyl (C=O) groups excluding carboxylic acids is 3. The number of allylic oxidation sites excluding steroid dienone is 20. The summed E-state index contributed by atoms with van der Waals surface area (Å²) in [7, 11) is 0. The molecule has 0 spiro atoms. The van der Waals surface area contributed by atoms with Crippen molar-refractivity contribution in [3.8, 4) is 0 Å². The predicted octanol–water partition coefficient (Wildman–Crippen LogP) is 17.7. The molecule has 0 heterocycles. The van der Waals surface area contributed by atoms with Gasteiger partial charge in [0.25, 0.3) is 0 Å². The molecule has 0 saturated carbocycles. The van der Waals surface area contributed by atoms with Gasteiger partial charge in [-0.15, -0.1) is 0 Å². The van der Waals surface area contributed by atoms with Crippen molar-refractivity contribution < 1.29 is 28.6 Å². The van der Waals surface area contributed by atoms with Crippen LogP contribution in [0.15, 0.2) is 122 Å². The minimum atomic E-state index is -0.819. The summed E-state index contributed by atoms with van der Waals surface area (Å²) in [5.74, 6) is -1.01. The third-order valence-corrected chi connectivity index (χ3v) is 10.7. The number of esters is 3. The van der Waals surface area contributed by atoms with Crippen LogP contribution >= 0.6 is 0 Å². The van der Waals surface area contributed by atoms with Crippen molar-refractivity contribution in [1.82, 2.24) is 0 Å². The van der Waals surface area contributed by atoms with E-state index in [9.17, 15) is 14.4 Å². The molecule has 0 aliphatic heterocycles. The Labute approximate surface area is 405 Å². The highest BCUT2D eigenvalue weighted by atomic mass is 16.6. The van der Waals surface area contributed by atoms with Crippen LogP contribution in [0, 0.1) is 0 Å². The van der Waals surface area contributed by atoms with Gasteiger partial charge in [0.15, 0.2) is 6.10 Å². The van der Waals surface area contributed by atoms with Crippen molar-refractivity contribution in [3.63, 3.8) is 0 Å². The van der Waals surface area contributed by atoms with Crippen LogP contribution < -0.4 is 0 Å². The number of unbranched alkanes of at least 4 members (excludes halogenated alkanes) is 15. The molecule has 0 aliphatic carbocycles. The van der Waals surface area contributed by atoms with Gasteiger partial charge in [-0.05, 0) is 122 Å². The maximum absolute atomic E-state index is 12.8. The number of rotatable bonds is 46. The van der Waals surface area contributed by atoms with E-state index in [1.807, 2.05) is 0 Å². The third-order valence-electron chi connectivity index (χ3n) is 10.7. The summed E-state index contributed by atoms with van der Waals surface area (Å²) in [6.07, 6.45) is 73.3. The fourth-order valence-electron chi connectivity index (χ4n) is 6.76. The first kappa shape index (κ1) is 61.8. The van der Waals surface area contributed by atoms with E-state index >= 15 is 0 Å². The van der Waals surface area contributed by atoms with Gasteiger partial charge >= 0.3 is 17.9 Å². The highest BCUT2D eigenvalue weighted by molar-refractivity contribution is 5.71. The van der Waals surface area contributed by atoms with Crippen molar-refractivity contribution in [3.05, 3.63) is 122 Å². The minimum absolute atomic E-state index is 0.114. The van der Waals surface area contributed by atoms with Crippen molar-refractivity contribution in [1.29, 1.82) is 0 Å². The summed E-state index contributed by atoms with van der Waals surface area (Å²) in [5.41, 5.74) is 0. The molecular weight excluding hydrogens is 817 g/mol. The highest BCUT2D eigenvalue weighted by Crippen LogP contribution is 2.12. The fourth-order valence-corrected chi connectivity index (χ4v) is 6.76. The first-order chi connectivity index (χ1) is 32.5. The van der Waals surface area contributed by atoms with E-state index in [2.05, 4.69) is 142 Å². The van der Waals surface area contributed by atoms with E-state index in [0.29, 0.717) is 19.3 Å². The first-order valence-corrected chi connectivity index (χ1v) is 26.5. The molecule has 0 aromatic heterocycles. The van der Waals surface area contributed by atoms with E-state index in [1.165, 1.54) is 32.1 Å². The molecule has 0 aromatic carbocycles. The molecule has 66 heavy (non-hydrogen) atoms. The number of carbonyl (C=O) groups is 3. The van der Waals surface area contributed by atoms with Crippen LogP contribution in [0.3, 0.4) is 0 Å². The lowest BCUT2D eigenvalue weighted by Crippen LogP contribution is -2.30. The summed E-state index contributed by atoms with van der Waals surface area (Å²) in [6, 6.07) is 0. The normalized spacial score (nSPS) is 13.1. The maximum Gasteiger partial charge on any atom is 0.306 e. The van der Waals surface area contributed by atoms with Crippen LogP contribution in [0.5, 0.6) is 0 Å². The van der Waals surface area contributed by atoms with Gasteiger partial charge in [-0.25, -0.2) is 0 Å². The first-order valence-electron chi connectivity index (χ1n) is 26.5. The van der Waals surface area contributed by atoms with Crippen LogP contribution in [0.25, 0.3) is 0 Å². The number of ether oxygens (including phenoxy) is 3. The van der Waals surface area contributed by atoms with Crippen molar-refractivity contribution >= 4 is 17.9 Å². The summed E-state index contributed by atoms with van der Waals surface area (Å²) in [5, 5.41) is 0. The maximum atomic E-state index is 12.8. The molecule has 0 radical (unpaired) electrons. The molecule has 372 valence electrons. The standard InChI is InChI=1S/C60H96O6/c1-4-7-10-13-16-19-22-25-28-30-33-35-38-41-44-47-50-53-59(62)65-56-57(55-64-58(61)52-49-46-43-40-37-34-31-27-24-21-18-15-12-9-6-3)66-60(63)54-51-48-45-42-39-36-32-29-26-23-20-17-14-11-8-5-2/h7,9-10,12,16,18-21,23,25,27-29,31-33,35,41,44,57H,4-6,8,11,13-15,17,22,24,26,30,34,36-40,42-43,45-56H2,1-3H3/b10-7-,12-9-,19-16-,21-18-,23-20-,28-25-,31-27-,32-29-,35-33-,44-41-. The zero-order valence-corrected chi connectivity index (χ0v) is 42.4. The molecule has 6 heteroatoms. The molecule has 0 bridgehead atoms. The average molecular weight is 913 g/mol. The molecule has 0 N–H and O–H groups in total. The molecule has 0 aromatic rings. The zero-order chi connectivity index (χ0) is 47.9. The second kappa shape index (κ2) is 53.4. The smallest absolute Gasteiger partial charge is 0.306 e. The molecule has 0 amide bonds. The molecule has 0 aliphatic rings. The van der Waals surface area contributed by atoms with Gasteiger partial charge < -0.3 is 14.2 Å². The van der Waals surface area contributed by atoms with Gasteiger partial charge in [0.1, 0.15) is 13.2 Å². The Morgan fingerprint density at radius 2 is 0.606 bits per heavy atom. The van der Waals surface area contributed by atoms with Gasteiger partial charge in [-0.3, -0.25) is 14.4 Å². The Morgan fingerprint density at radius 3 is 0.985 bits per heavy atom. The predicted molar refractivity (Wildman–Crippen MR) is 283 cm³/mol.